The zero-order valence-electron chi connectivity index (χ0n) is 21.7. The van der Waals surface area contributed by atoms with Crippen LogP contribution in [0.1, 0.15) is 113 Å². The Balaban J connectivity index is 1.62. The van der Waals surface area contributed by atoms with E-state index in [1.807, 2.05) is 5.57 Å². The van der Waals surface area contributed by atoms with Gasteiger partial charge in [-0.05, 0) is 116 Å². The van der Waals surface area contributed by atoms with Crippen LogP contribution in [0.4, 0.5) is 0 Å². The van der Waals surface area contributed by atoms with Crippen molar-refractivity contribution >= 4 is 0 Å². The molecule has 8 atom stereocenters. The molecule has 3 saturated carbocycles. The van der Waals surface area contributed by atoms with Gasteiger partial charge in [-0.25, -0.2) is 0 Å². The molecule has 176 valence electrons. The highest BCUT2D eigenvalue weighted by Crippen LogP contribution is 2.74. The summed E-state index contributed by atoms with van der Waals surface area (Å²) in [5, 5.41) is 10.8. The number of aliphatic hydroxyl groups excluding tert-OH is 1. The van der Waals surface area contributed by atoms with Crippen molar-refractivity contribution in [2.45, 2.75) is 119 Å². The van der Waals surface area contributed by atoms with Crippen LogP contribution in [-0.4, -0.2) is 11.2 Å². The molecule has 4 aliphatic carbocycles. The molecule has 0 bridgehead atoms. The minimum Gasteiger partial charge on any atom is -0.393 e. The lowest BCUT2D eigenvalue weighted by atomic mass is 9.37. The van der Waals surface area contributed by atoms with Crippen LogP contribution in [0.25, 0.3) is 0 Å². The van der Waals surface area contributed by atoms with Crippen LogP contribution >= 0.6 is 0 Å². The van der Waals surface area contributed by atoms with E-state index in [0.29, 0.717) is 22.2 Å². The molecule has 0 heterocycles. The third-order valence-corrected chi connectivity index (χ3v) is 11.8. The summed E-state index contributed by atoms with van der Waals surface area (Å²) in [6.45, 7) is 21.5. The minimum atomic E-state index is -0.129. The van der Waals surface area contributed by atoms with Gasteiger partial charge in [-0.15, -0.1) is 6.58 Å². The van der Waals surface area contributed by atoms with Crippen molar-refractivity contribution in [3.8, 4) is 0 Å². The Labute approximate surface area is 193 Å². The second-order valence-electron chi connectivity index (χ2n) is 13.6. The second kappa shape index (κ2) is 7.75. The molecular weight excluding hydrogens is 376 g/mol. The Hall–Kier alpha value is -0.560. The van der Waals surface area contributed by atoms with E-state index in [1.54, 1.807) is 0 Å². The van der Waals surface area contributed by atoms with Crippen molar-refractivity contribution in [2.75, 3.05) is 0 Å². The molecule has 1 N–H and O–H groups in total. The predicted octanol–water partition coefficient (Wildman–Crippen LogP) is 8.34. The fraction of sp³-hybridized carbons (Fsp3) is 0.867. The monoisotopic (exact) mass is 426 g/mol. The highest BCUT2D eigenvalue weighted by atomic mass is 16.3. The first-order chi connectivity index (χ1) is 14.4. The van der Waals surface area contributed by atoms with E-state index in [-0.39, 0.29) is 11.5 Å². The average molecular weight is 427 g/mol. The Morgan fingerprint density at radius 3 is 2.45 bits per heavy atom. The standard InChI is InChI=1S/C30H50O/c1-20(2)10-9-11-21(3)22-14-18-29(7)23(22)12-13-25-28(6)17-16-26(31)27(4,5)24(28)15-19-30(25,29)8/h12,21-22,24-26,31H,1,9-11,13-19H2,2-8H3. The summed E-state index contributed by atoms with van der Waals surface area (Å²) in [7, 11) is 0. The van der Waals surface area contributed by atoms with Gasteiger partial charge in [0.2, 0.25) is 0 Å². The first-order valence-corrected chi connectivity index (χ1v) is 13.4. The van der Waals surface area contributed by atoms with Crippen molar-refractivity contribution in [1.29, 1.82) is 0 Å². The number of fused-ring (bicyclic) bond motifs is 5. The van der Waals surface area contributed by atoms with Gasteiger partial charge >= 0.3 is 0 Å². The molecule has 0 aliphatic heterocycles. The lowest BCUT2D eigenvalue weighted by molar-refractivity contribution is -0.193. The summed E-state index contributed by atoms with van der Waals surface area (Å²) in [6.07, 6.45) is 15.3. The minimum absolute atomic E-state index is 0.0508. The highest BCUT2D eigenvalue weighted by molar-refractivity contribution is 5.32. The van der Waals surface area contributed by atoms with E-state index < -0.39 is 0 Å². The number of hydrogen-bond donors (Lipinski definition) is 1. The van der Waals surface area contributed by atoms with Crippen LogP contribution in [0.2, 0.25) is 0 Å². The fourth-order valence-corrected chi connectivity index (χ4v) is 9.64. The van der Waals surface area contributed by atoms with E-state index in [2.05, 4.69) is 61.1 Å². The number of rotatable bonds is 5. The smallest absolute Gasteiger partial charge is 0.0594 e. The van der Waals surface area contributed by atoms with E-state index in [4.69, 9.17) is 0 Å². The Morgan fingerprint density at radius 2 is 1.77 bits per heavy atom. The molecule has 0 radical (unpaired) electrons. The van der Waals surface area contributed by atoms with Crippen molar-refractivity contribution < 1.29 is 5.11 Å². The molecule has 0 spiro atoms. The van der Waals surface area contributed by atoms with Crippen LogP contribution in [0.5, 0.6) is 0 Å². The van der Waals surface area contributed by atoms with Crippen LogP contribution in [0.15, 0.2) is 23.8 Å². The van der Waals surface area contributed by atoms with Gasteiger partial charge in [-0.3, -0.25) is 0 Å². The van der Waals surface area contributed by atoms with Crippen molar-refractivity contribution in [2.24, 2.45) is 45.3 Å². The maximum absolute atomic E-state index is 10.8. The summed E-state index contributed by atoms with van der Waals surface area (Å²) in [4.78, 5) is 0. The molecular formula is C30H50O. The third kappa shape index (κ3) is 3.34. The zero-order valence-corrected chi connectivity index (χ0v) is 21.7. The predicted molar refractivity (Wildman–Crippen MR) is 133 cm³/mol. The molecule has 4 aliphatic rings. The zero-order chi connectivity index (χ0) is 22.8. The van der Waals surface area contributed by atoms with E-state index >= 15 is 0 Å². The van der Waals surface area contributed by atoms with Gasteiger partial charge in [0, 0.05) is 0 Å². The SMILES string of the molecule is C=C(C)CCCC(C)C1CCC2(C)C1=CCC1C3(C)CCC(O)C(C)(C)C3CCC12C. The fourth-order valence-electron chi connectivity index (χ4n) is 9.64. The normalized spacial score (nSPS) is 47.0. The van der Waals surface area contributed by atoms with E-state index in [1.165, 1.54) is 63.4 Å². The topological polar surface area (TPSA) is 20.2 Å². The Bertz CT molecular complexity index is 746. The van der Waals surface area contributed by atoms with Crippen molar-refractivity contribution in [3.63, 3.8) is 0 Å². The lowest BCUT2D eigenvalue weighted by Crippen LogP contribution is -2.62. The average Bonchev–Trinajstić information content (AvgIpc) is 3.03. The number of hydrogen-bond acceptors (Lipinski definition) is 1. The maximum atomic E-state index is 10.8. The molecule has 4 rings (SSSR count). The second-order valence-corrected chi connectivity index (χ2v) is 13.6. The van der Waals surface area contributed by atoms with Gasteiger partial charge in [0.05, 0.1) is 6.10 Å². The molecule has 0 aromatic rings. The summed E-state index contributed by atoms with van der Waals surface area (Å²) >= 11 is 0. The van der Waals surface area contributed by atoms with Crippen LogP contribution < -0.4 is 0 Å². The van der Waals surface area contributed by atoms with Gasteiger partial charge < -0.3 is 5.11 Å². The first kappa shape index (κ1) is 23.6. The molecule has 0 aromatic carbocycles. The van der Waals surface area contributed by atoms with Gasteiger partial charge in [-0.1, -0.05) is 58.8 Å². The number of aliphatic hydroxyl groups is 1. The summed E-state index contributed by atoms with van der Waals surface area (Å²) in [5.41, 5.74) is 4.37. The lowest BCUT2D eigenvalue weighted by Gasteiger charge is -2.68. The molecule has 0 saturated heterocycles. The van der Waals surface area contributed by atoms with Crippen molar-refractivity contribution in [3.05, 3.63) is 23.8 Å². The van der Waals surface area contributed by atoms with Gasteiger partial charge in [0.1, 0.15) is 0 Å². The largest absolute Gasteiger partial charge is 0.393 e. The van der Waals surface area contributed by atoms with Gasteiger partial charge in [0.15, 0.2) is 0 Å². The first-order valence-electron chi connectivity index (χ1n) is 13.4. The highest BCUT2D eigenvalue weighted by Gasteiger charge is 2.66. The molecule has 8 unspecified atom stereocenters. The van der Waals surface area contributed by atoms with Crippen molar-refractivity contribution in [1.82, 2.24) is 0 Å². The summed E-state index contributed by atoms with van der Waals surface area (Å²) < 4.78 is 0. The third-order valence-electron chi connectivity index (χ3n) is 11.8. The Morgan fingerprint density at radius 1 is 1.06 bits per heavy atom. The van der Waals surface area contributed by atoms with Crippen LogP contribution in [-0.2, 0) is 0 Å². The van der Waals surface area contributed by atoms with Gasteiger partial charge in [-0.2, -0.15) is 0 Å². The maximum Gasteiger partial charge on any atom is 0.0594 e. The quantitative estimate of drug-likeness (QED) is 0.438. The summed E-state index contributed by atoms with van der Waals surface area (Å²) in [6, 6.07) is 0. The molecule has 3 fully saturated rings. The van der Waals surface area contributed by atoms with E-state index in [9.17, 15) is 5.11 Å². The van der Waals surface area contributed by atoms with Gasteiger partial charge in [0.25, 0.3) is 0 Å². The number of allylic oxidation sites excluding steroid dienone is 3. The van der Waals surface area contributed by atoms with E-state index in [0.717, 1.165) is 24.2 Å². The molecule has 1 heteroatoms. The van der Waals surface area contributed by atoms with Crippen LogP contribution in [0.3, 0.4) is 0 Å². The molecule has 31 heavy (non-hydrogen) atoms. The molecule has 0 aromatic heterocycles. The molecule has 1 nitrogen and oxygen atoms in total. The van der Waals surface area contributed by atoms with Crippen LogP contribution in [0, 0.1) is 45.3 Å². The Kier molecular flexibility index (Phi) is 5.90. The molecule has 0 amide bonds. The summed E-state index contributed by atoms with van der Waals surface area (Å²) in [5.74, 6) is 3.00.